The highest BCUT2D eigenvalue weighted by Gasteiger charge is 2.48. The van der Waals surface area contributed by atoms with Gasteiger partial charge in [-0.05, 0) is 87.8 Å². The van der Waals surface area contributed by atoms with Gasteiger partial charge in [0.1, 0.15) is 11.3 Å². The maximum absolute atomic E-state index is 13.6. The SMILES string of the molecule is CC(C)(C)OC(=O)N1[C@H](CN2C(=O)SC(=Cc3ccc4c(cnn4Cc4ccc(Cl)cc4C(F)(F)F)c3)C2=O)COC1(C)C. The number of hydrogen-bond acceptors (Lipinski definition) is 7. The van der Waals surface area contributed by atoms with Gasteiger partial charge in [0.05, 0.1) is 47.9 Å². The minimum Gasteiger partial charge on any atom is -0.444 e. The van der Waals surface area contributed by atoms with Crippen LogP contribution in [-0.2, 0) is 27.0 Å². The number of benzene rings is 2. The van der Waals surface area contributed by atoms with E-state index in [2.05, 4.69) is 5.10 Å². The molecule has 14 heteroatoms. The van der Waals surface area contributed by atoms with Gasteiger partial charge in [-0.25, -0.2) is 4.79 Å². The smallest absolute Gasteiger partial charge is 0.416 e. The lowest BCUT2D eigenvalue weighted by Crippen LogP contribution is -2.53. The molecule has 3 amide bonds. The third-order valence-corrected chi connectivity index (χ3v) is 8.23. The van der Waals surface area contributed by atoms with Crippen LogP contribution in [0.25, 0.3) is 17.0 Å². The zero-order valence-electron chi connectivity index (χ0n) is 24.6. The van der Waals surface area contributed by atoms with Crippen molar-refractivity contribution in [1.29, 1.82) is 0 Å². The molecule has 3 aromatic rings. The number of nitrogens with zero attached hydrogens (tertiary/aromatic N) is 4. The Bertz CT molecular complexity index is 1680. The number of aromatic nitrogens is 2. The second kappa shape index (κ2) is 11.4. The van der Waals surface area contributed by atoms with Crippen LogP contribution in [0.1, 0.15) is 51.3 Å². The van der Waals surface area contributed by atoms with E-state index in [1.54, 1.807) is 58.9 Å². The van der Waals surface area contributed by atoms with Crippen molar-refractivity contribution >= 4 is 57.6 Å². The molecule has 1 atom stereocenters. The summed E-state index contributed by atoms with van der Waals surface area (Å²) in [6.07, 6.45) is -2.08. The van der Waals surface area contributed by atoms with E-state index in [4.69, 9.17) is 21.1 Å². The van der Waals surface area contributed by atoms with Crippen LogP contribution >= 0.6 is 23.4 Å². The maximum Gasteiger partial charge on any atom is 0.416 e. The first kappa shape index (κ1) is 31.9. The minimum absolute atomic E-state index is 0.0127. The van der Waals surface area contributed by atoms with E-state index in [1.807, 2.05) is 0 Å². The fraction of sp³-hybridized carbons (Fsp3) is 0.400. The molecule has 0 spiro atoms. The standard InChI is InChI=1S/C30H30ClF3N4O5S/c1-28(2,3)43-26(40)38-21(16-42-29(38,4)5)15-36-25(39)24(44-27(36)41)11-17-6-9-23-19(10-17)13-35-37(23)14-18-7-8-20(31)12-22(18)30(32,33)34/h6-13,21H,14-16H2,1-5H3/t21-/m1/s1. The van der Waals surface area contributed by atoms with Crippen LogP contribution in [0.15, 0.2) is 47.5 Å². The molecule has 0 radical (unpaired) electrons. The molecule has 0 saturated carbocycles. The Morgan fingerprint density at radius 2 is 1.91 bits per heavy atom. The normalized spacial score (nSPS) is 19.9. The number of fused-ring (bicyclic) bond motifs is 1. The highest BCUT2D eigenvalue weighted by atomic mass is 35.5. The molecule has 2 aliphatic rings. The monoisotopic (exact) mass is 650 g/mol. The van der Waals surface area contributed by atoms with Gasteiger partial charge in [-0.2, -0.15) is 18.3 Å². The minimum atomic E-state index is -4.58. The highest BCUT2D eigenvalue weighted by Crippen LogP contribution is 2.37. The van der Waals surface area contributed by atoms with E-state index in [0.29, 0.717) is 16.5 Å². The summed E-state index contributed by atoms with van der Waals surface area (Å²) in [6.45, 7) is 8.59. The first-order valence-corrected chi connectivity index (χ1v) is 14.9. The van der Waals surface area contributed by atoms with Crippen molar-refractivity contribution in [3.8, 4) is 0 Å². The lowest BCUT2D eigenvalue weighted by Gasteiger charge is -2.35. The van der Waals surface area contributed by atoms with Crippen LogP contribution in [0, 0.1) is 0 Å². The molecular weight excluding hydrogens is 621 g/mol. The fourth-order valence-corrected chi connectivity index (χ4v) is 6.17. The van der Waals surface area contributed by atoms with E-state index in [1.165, 1.54) is 27.9 Å². The van der Waals surface area contributed by atoms with Crippen molar-refractivity contribution in [2.24, 2.45) is 0 Å². The zero-order chi connectivity index (χ0) is 32.2. The quantitative estimate of drug-likeness (QED) is 0.270. The molecule has 9 nitrogen and oxygen atoms in total. The Morgan fingerprint density at radius 1 is 1.18 bits per heavy atom. The second-order valence-electron chi connectivity index (χ2n) is 12.0. The Morgan fingerprint density at radius 3 is 2.59 bits per heavy atom. The number of thioether (sulfide) groups is 1. The van der Waals surface area contributed by atoms with Gasteiger partial charge < -0.3 is 9.47 Å². The number of hydrogen-bond donors (Lipinski definition) is 0. The van der Waals surface area contributed by atoms with Gasteiger partial charge >= 0.3 is 12.3 Å². The molecule has 5 rings (SSSR count). The van der Waals surface area contributed by atoms with Crippen LogP contribution in [-0.4, -0.2) is 67.3 Å². The fourth-order valence-electron chi connectivity index (χ4n) is 5.15. The summed E-state index contributed by atoms with van der Waals surface area (Å²) in [7, 11) is 0. The van der Waals surface area contributed by atoms with Gasteiger partial charge in [-0.3, -0.25) is 24.1 Å². The van der Waals surface area contributed by atoms with Crippen molar-refractivity contribution < 1.29 is 37.0 Å². The molecule has 0 aliphatic carbocycles. The highest BCUT2D eigenvalue weighted by molar-refractivity contribution is 8.18. The molecule has 0 bridgehead atoms. The van der Waals surface area contributed by atoms with Crippen LogP contribution in [0.2, 0.25) is 5.02 Å². The first-order valence-electron chi connectivity index (χ1n) is 13.7. The van der Waals surface area contributed by atoms with E-state index in [0.717, 1.165) is 22.7 Å². The largest absolute Gasteiger partial charge is 0.444 e. The van der Waals surface area contributed by atoms with Gasteiger partial charge in [0.2, 0.25) is 0 Å². The second-order valence-corrected chi connectivity index (χ2v) is 13.4. The summed E-state index contributed by atoms with van der Waals surface area (Å²) in [5.41, 5.74) is -1.36. The Balaban J connectivity index is 1.33. The van der Waals surface area contributed by atoms with E-state index < -0.39 is 46.3 Å². The van der Waals surface area contributed by atoms with Crippen molar-refractivity contribution in [2.45, 2.75) is 64.7 Å². The van der Waals surface area contributed by atoms with Gasteiger partial charge in [-0.15, -0.1) is 0 Å². The molecule has 2 fully saturated rings. The predicted molar refractivity (Wildman–Crippen MR) is 160 cm³/mol. The van der Waals surface area contributed by atoms with Crippen LogP contribution in [0.3, 0.4) is 0 Å². The lowest BCUT2D eigenvalue weighted by molar-refractivity contribution is -0.138. The summed E-state index contributed by atoms with van der Waals surface area (Å²) in [5.74, 6) is -0.507. The number of halogens is 4. The van der Waals surface area contributed by atoms with Gasteiger partial charge in [0.25, 0.3) is 11.1 Å². The summed E-state index contributed by atoms with van der Waals surface area (Å²) in [5, 5.41) is 4.41. The molecule has 3 heterocycles. The first-order chi connectivity index (χ1) is 20.4. The number of imide groups is 1. The summed E-state index contributed by atoms with van der Waals surface area (Å²) >= 11 is 6.59. The lowest BCUT2D eigenvalue weighted by atomic mass is 10.1. The van der Waals surface area contributed by atoms with Crippen molar-refractivity contribution in [1.82, 2.24) is 19.6 Å². The molecule has 2 aliphatic heterocycles. The summed E-state index contributed by atoms with van der Waals surface area (Å²) < 4.78 is 53.5. The molecule has 44 heavy (non-hydrogen) atoms. The van der Waals surface area contributed by atoms with Crippen molar-refractivity contribution in [3.05, 3.63) is 69.2 Å². The number of alkyl halides is 3. The average Bonchev–Trinajstić information content (AvgIpc) is 3.52. The Hall–Kier alpha value is -3.55. The third kappa shape index (κ3) is 6.59. The third-order valence-electron chi connectivity index (χ3n) is 7.09. The molecular formula is C30H30ClF3N4O5S. The van der Waals surface area contributed by atoms with Crippen LogP contribution < -0.4 is 0 Å². The number of ether oxygens (including phenoxy) is 2. The predicted octanol–water partition coefficient (Wildman–Crippen LogP) is 7.17. The molecule has 0 N–H and O–H groups in total. The van der Waals surface area contributed by atoms with E-state index >= 15 is 0 Å². The molecule has 234 valence electrons. The number of carbonyl (C=O) groups is 3. The van der Waals surface area contributed by atoms with E-state index in [-0.39, 0.29) is 35.2 Å². The number of amides is 3. The topological polar surface area (TPSA) is 94.0 Å². The molecule has 2 saturated heterocycles. The number of carbonyl (C=O) groups excluding carboxylic acids is 3. The zero-order valence-corrected chi connectivity index (χ0v) is 26.1. The van der Waals surface area contributed by atoms with Crippen LogP contribution in [0.5, 0.6) is 0 Å². The van der Waals surface area contributed by atoms with Crippen LogP contribution in [0.4, 0.5) is 22.8 Å². The molecule has 0 unspecified atom stereocenters. The van der Waals surface area contributed by atoms with Gasteiger partial charge in [-0.1, -0.05) is 23.7 Å². The summed E-state index contributed by atoms with van der Waals surface area (Å²) in [4.78, 5) is 41.9. The van der Waals surface area contributed by atoms with Crippen molar-refractivity contribution in [3.63, 3.8) is 0 Å². The van der Waals surface area contributed by atoms with E-state index in [9.17, 15) is 27.6 Å². The van der Waals surface area contributed by atoms with Crippen molar-refractivity contribution in [2.75, 3.05) is 13.2 Å². The summed E-state index contributed by atoms with van der Waals surface area (Å²) in [6, 6.07) is 8.14. The number of rotatable bonds is 5. The Labute approximate surface area is 260 Å². The molecule has 2 aromatic carbocycles. The Kier molecular flexibility index (Phi) is 8.27. The van der Waals surface area contributed by atoms with Gasteiger partial charge in [0, 0.05) is 10.4 Å². The average molecular weight is 651 g/mol. The molecule has 1 aromatic heterocycles. The maximum atomic E-state index is 13.6. The van der Waals surface area contributed by atoms with Gasteiger partial charge in [0.15, 0.2) is 0 Å².